The molecule has 0 aliphatic carbocycles. The maximum atomic E-state index is 14.2. The van der Waals surface area contributed by atoms with E-state index in [2.05, 4.69) is 5.16 Å². The van der Waals surface area contributed by atoms with Gasteiger partial charge in [0, 0.05) is 22.5 Å². The van der Waals surface area contributed by atoms with Gasteiger partial charge < -0.3 is 18.9 Å². The first-order valence-electron chi connectivity index (χ1n) is 9.30. The van der Waals surface area contributed by atoms with Crippen molar-refractivity contribution >= 4 is 12.0 Å². The molecule has 0 saturated heterocycles. The fraction of sp³-hybridized carbons (Fsp3) is 0.217. The molecule has 0 unspecified atom stereocenters. The first-order chi connectivity index (χ1) is 14.5. The second-order valence-electron chi connectivity index (χ2n) is 6.62. The van der Waals surface area contributed by atoms with E-state index in [0.717, 1.165) is 11.3 Å². The van der Waals surface area contributed by atoms with Gasteiger partial charge >= 0.3 is 0 Å². The number of carbonyl (C=O) groups is 1. The Hall–Kier alpha value is -3.61. The van der Waals surface area contributed by atoms with Gasteiger partial charge in [0.05, 0.1) is 26.1 Å². The predicted octanol–water partition coefficient (Wildman–Crippen LogP) is 4.48. The van der Waals surface area contributed by atoms with Crippen molar-refractivity contribution in [3.8, 4) is 17.2 Å². The van der Waals surface area contributed by atoms with E-state index >= 15 is 0 Å². The smallest absolute Gasteiger partial charge is 0.204 e. The summed E-state index contributed by atoms with van der Waals surface area (Å²) in [5.74, 6) is 0.582. The number of methoxy groups -OCH3 is 2. The van der Waals surface area contributed by atoms with Gasteiger partial charge in [-0.25, -0.2) is 4.39 Å². The minimum absolute atomic E-state index is 0.231. The Balaban J connectivity index is 1.70. The van der Waals surface area contributed by atoms with Crippen LogP contribution in [0.3, 0.4) is 0 Å². The van der Waals surface area contributed by atoms with Crippen molar-refractivity contribution in [2.45, 2.75) is 13.8 Å². The van der Waals surface area contributed by atoms with E-state index in [0.29, 0.717) is 28.4 Å². The molecule has 0 bridgehead atoms. The summed E-state index contributed by atoms with van der Waals surface area (Å²) in [6.07, 6.45) is 1.48. The maximum Gasteiger partial charge on any atom is 0.204 e. The molecule has 3 aromatic rings. The molecule has 156 valence electrons. The van der Waals surface area contributed by atoms with Crippen molar-refractivity contribution in [2.24, 2.45) is 5.16 Å². The summed E-state index contributed by atoms with van der Waals surface area (Å²) in [5, 5.41) is 3.86. The van der Waals surface area contributed by atoms with Gasteiger partial charge in [0.2, 0.25) is 5.78 Å². The molecule has 0 amide bonds. The Morgan fingerprint density at radius 3 is 2.50 bits per heavy atom. The Morgan fingerprint density at radius 1 is 1.07 bits per heavy atom. The Bertz CT molecular complexity index is 1090. The monoisotopic (exact) mass is 410 g/mol. The highest BCUT2D eigenvalue weighted by Crippen LogP contribution is 2.27. The molecular weight excluding hydrogens is 387 g/mol. The lowest BCUT2D eigenvalue weighted by atomic mass is 10.1. The van der Waals surface area contributed by atoms with Crippen LogP contribution < -0.4 is 9.47 Å². The van der Waals surface area contributed by atoms with Crippen molar-refractivity contribution in [1.29, 1.82) is 0 Å². The topological polar surface area (TPSA) is 62.0 Å². The quantitative estimate of drug-likeness (QED) is 0.312. The molecule has 0 fully saturated rings. The van der Waals surface area contributed by atoms with Gasteiger partial charge in [-0.05, 0) is 50.2 Å². The van der Waals surface area contributed by atoms with Gasteiger partial charge in [0.25, 0.3) is 0 Å². The molecule has 0 aliphatic rings. The van der Waals surface area contributed by atoms with Crippen LogP contribution in [-0.4, -0.2) is 37.4 Å². The van der Waals surface area contributed by atoms with Crippen LogP contribution in [0.1, 0.15) is 27.3 Å². The lowest BCUT2D eigenvalue weighted by molar-refractivity contribution is 0.0778. The molecule has 0 N–H and O–H groups in total. The fourth-order valence-electron chi connectivity index (χ4n) is 3.25. The van der Waals surface area contributed by atoms with E-state index in [-0.39, 0.29) is 18.2 Å². The van der Waals surface area contributed by atoms with Crippen LogP contribution in [0.2, 0.25) is 0 Å². The predicted molar refractivity (Wildman–Crippen MR) is 113 cm³/mol. The van der Waals surface area contributed by atoms with Crippen LogP contribution >= 0.6 is 0 Å². The SMILES string of the molecule is COc1ccc(/C=N/OCC(=O)c2cc(C)n(-c3ccccc3F)c2C)cc1OC. The first-order valence-corrected chi connectivity index (χ1v) is 9.30. The third-order valence-electron chi connectivity index (χ3n) is 4.70. The number of hydrogen-bond donors (Lipinski definition) is 0. The largest absolute Gasteiger partial charge is 0.493 e. The highest BCUT2D eigenvalue weighted by molar-refractivity contribution is 5.98. The number of carbonyl (C=O) groups excluding carboxylic acids is 1. The number of nitrogens with zero attached hydrogens (tertiary/aromatic N) is 2. The van der Waals surface area contributed by atoms with E-state index in [1.54, 1.807) is 68.2 Å². The summed E-state index contributed by atoms with van der Waals surface area (Å²) in [7, 11) is 3.11. The summed E-state index contributed by atoms with van der Waals surface area (Å²) >= 11 is 0. The number of ketones is 1. The fourth-order valence-corrected chi connectivity index (χ4v) is 3.25. The highest BCUT2D eigenvalue weighted by Gasteiger charge is 2.18. The summed E-state index contributed by atoms with van der Waals surface area (Å²) in [6, 6.07) is 13.5. The number of para-hydroxylation sites is 1. The number of hydrogen-bond acceptors (Lipinski definition) is 5. The van der Waals surface area contributed by atoms with Crippen molar-refractivity contribution in [1.82, 2.24) is 4.57 Å². The van der Waals surface area contributed by atoms with Gasteiger partial charge in [-0.2, -0.15) is 0 Å². The van der Waals surface area contributed by atoms with E-state index in [1.807, 2.05) is 6.92 Å². The Kier molecular flexibility index (Phi) is 6.51. The molecule has 30 heavy (non-hydrogen) atoms. The van der Waals surface area contributed by atoms with Crippen LogP contribution in [0.15, 0.2) is 53.7 Å². The second kappa shape index (κ2) is 9.26. The van der Waals surface area contributed by atoms with Crippen LogP contribution in [0.4, 0.5) is 4.39 Å². The van der Waals surface area contributed by atoms with Crippen molar-refractivity contribution in [3.63, 3.8) is 0 Å². The zero-order valence-electron chi connectivity index (χ0n) is 17.3. The third-order valence-corrected chi connectivity index (χ3v) is 4.70. The van der Waals surface area contributed by atoms with Crippen molar-refractivity contribution < 1.29 is 23.5 Å². The molecular formula is C23H23FN2O4. The molecule has 6 nitrogen and oxygen atoms in total. The summed E-state index contributed by atoms with van der Waals surface area (Å²) in [5.41, 5.74) is 3.01. The molecule has 0 radical (unpaired) electrons. The molecule has 0 spiro atoms. The van der Waals surface area contributed by atoms with Crippen LogP contribution in [0, 0.1) is 19.7 Å². The molecule has 0 atom stereocenters. The van der Waals surface area contributed by atoms with Crippen molar-refractivity contribution in [2.75, 3.05) is 20.8 Å². The number of aromatic nitrogens is 1. The number of oxime groups is 1. The number of aryl methyl sites for hydroxylation is 1. The molecule has 2 aromatic carbocycles. The average Bonchev–Trinajstić information content (AvgIpc) is 3.05. The van der Waals surface area contributed by atoms with Crippen LogP contribution in [0.25, 0.3) is 5.69 Å². The van der Waals surface area contributed by atoms with E-state index in [1.165, 1.54) is 12.3 Å². The number of ether oxygens (including phenoxy) is 2. The van der Waals surface area contributed by atoms with Crippen molar-refractivity contribution in [3.05, 3.63) is 76.9 Å². The Labute approximate surface area is 174 Å². The van der Waals surface area contributed by atoms with Crippen LogP contribution in [-0.2, 0) is 4.84 Å². The normalized spacial score (nSPS) is 11.0. The number of rotatable bonds is 8. The first kappa shape index (κ1) is 21.1. The van der Waals surface area contributed by atoms with Gasteiger partial charge in [-0.3, -0.25) is 4.79 Å². The van der Waals surface area contributed by atoms with Gasteiger partial charge in [-0.1, -0.05) is 17.3 Å². The zero-order chi connectivity index (χ0) is 21.7. The lowest BCUT2D eigenvalue weighted by Crippen LogP contribution is -2.09. The van der Waals surface area contributed by atoms with Gasteiger partial charge in [-0.15, -0.1) is 0 Å². The maximum absolute atomic E-state index is 14.2. The van der Waals surface area contributed by atoms with Crippen LogP contribution in [0.5, 0.6) is 11.5 Å². The summed E-state index contributed by atoms with van der Waals surface area (Å²) in [6.45, 7) is 3.37. The number of benzene rings is 2. The van der Waals surface area contributed by atoms with Gasteiger partial charge in [0.1, 0.15) is 5.82 Å². The second-order valence-corrected chi connectivity index (χ2v) is 6.62. The average molecular weight is 410 g/mol. The molecule has 0 aliphatic heterocycles. The lowest BCUT2D eigenvalue weighted by Gasteiger charge is -2.10. The molecule has 1 aromatic heterocycles. The van der Waals surface area contributed by atoms with E-state index in [4.69, 9.17) is 14.3 Å². The summed E-state index contributed by atoms with van der Waals surface area (Å²) in [4.78, 5) is 17.8. The van der Waals surface area contributed by atoms with E-state index in [9.17, 15) is 9.18 Å². The molecule has 7 heteroatoms. The highest BCUT2D eigenvalue weighted by atomic mass is 19.1. The Morgan fingerprint density at radius 2 is 1.80 bits per heavy atom. The molecule has 0 saturated carbocycles. The molecule has 3 rings (SSSR count). The minimum Gasteiger partial charge on any atom is -0.493 e. The standard InChI is InChI=1S/C23H23FN2O4/c1-15-11-18(16(2)26(15)20-8-6-5-7-19(20)24)21(27)14-30-25-13-17-9-10-22(28-3)23(12-17)29-4/h5-13H,14H2,1-4H3/b25-13+. The number of Topliss-reactive ketones (excluding diaryl/α,β-unsaturated/α-hetero) is 1. The number of halogens is 1. The zero-order valence-corrected chi connectivity index (χ0v) is 17.3. The van der Waals surface area contributed by atoms with Gasteiger partial charge in [0.15, 0.2) is 18.1 Å². The van der Waals surface area contributed by atoms with E-state index < -0.39 is 0 Å². The minimum atomic E-state index is -0.353. The third kappa shape index (κ3) is 4.35. The summed E-state index contributed by atoms with van der Waals surface area (Å²) < 4.78 is 26.3. The molecule has 1 heterocycles.